The third-order valence-electron chi connectivity index (χ3n) is 7.51. The number of ether oxygens (including phenoxy) is 3. The molecular weight excluding hydrogens is 658 g/mol. The number of rotatable bonds is 17. The molecule has 0 spiro atoms. The predicted molar refractivity (Wildman–Crippen MR) is 188 cm³/mol. The highest BCUT2D eigenvalue weighted by Gasteiger charge is 2.27. The number of amides is 3. The molecule has 0 saturated carbocycles. The third kappa shape index (κ3) is 12.9. The second-order valence-electron chi connectivity index (χ2n) is 11.4. The fraction of sp³-hybridized carbons (Fsp3) is 0.243. The Morgan fingerprint density at radius 1 is 0.686 bits per heavy atom. The molecule has 14 heteroatoms. The molecule has 0 heterocycles. The van der Waals surface area contributed by atoms with E-state index in [1.807, 2.05) is 60.7 Å². The number of nitrogens with one attached hydrogen (secondary N) is 3. The van der Waals surface area contributed by atoms with Gasteiger partial charge in [0.25, 0.3) is 5.69 Å². The van der Waals surface area contributed by atoms with Crippen LogP contribution in [0.4, 0.5) is 21.0 Å². The van der Waals surface area contributed by atoms with Crippen LogP contribution in [0.25, 0.3) is 0 Å². The first-order valence-electron chi connectivity index (χ1n) is 16.2. The zero-order chi connectivity index (χ0) is 36.4. The van der Waals surface area contributed by atoms with Gasteiger partial charge in [0, 0.05) is 24.2 Å². The number of hydrogen-bond acceptors (Lipinski definition) is 10. The summed E-state index contributed by atoms with van der Waals surface area (Å²) in [5.41, 5.74) is 8.14. The van der Waals surface area contributed by atoms with Crippen molar-refractivity contribution >= 4 is 35.4 Å². The van der Waals surface area contributed by atoms with Crippen LogP contribution in [-0.2, 0) is 38.7 Å². The molecule has 0 bridgehead atoms. The van der Waals surface area contributed by atoms with E-state index in [-0.39, 0.29) is 31.1 Å². The van der Waals surface area contributed by atoms with Gasteiger partial charge in [-0.15, -0.1) is 0 Å². The van der Waals surface area contributed by atoms with E-state index in [0.717, 1.165) is 11.1 Å². The van der Waals surface area contributed by atoms with Crippen LogP contribution in [0.1, 0.15) is 36.0 Å². The number of nitro benzene ring substituents is 1. The molecule has 4 aromatic carbocycles. The number of non-ortho nitro benzene ring substituents is 1. The van der Waals surface area contributed by atoms with E-state index in [2.05, 4.69) is 16.0 Å². The first kappa shape index (κ1) is 37.5. The molecule has 4 aromatic rings. The zero-order valence-electron chi connectivity index (χ0n) is 27.7. The van der Waals surface area contributed by atoms with Crippen molar-refractivity contribution in [2.75, 3.05) is 11.9 Å². The number of nitrogens with two attached hydrogens (primary N) is 1. The molecule has 51 heavy (non-hydrogen) atoms. The molecule has 0 aliphatic heterocycles. The average molecular weight is 698 g/mol. The fourth-order valence-electron chi connectivity index (χ4n) is 4.82. The second-order valence-corrected chi connectivity index (χ2v) is 11.4. The number of carbonyl (C=O) groups excluding carboxylic acids is 4. The first-order valence-corrected chi connectivity index (χ1v) is 16.2. The summed E-state index contributed by atoms with van der Waals surface area (Å²) in [5, 5.41) is 19.0. The maximum absolute atomic E-state index is 13.6. The van der Waals surface area contributed by atoms with Crippen molar-refractivity contribution in [2.24, 2.45) is 5.73 Å². The maximum Gasteiger partial charge on any atom is 0.514 e. The lowest BCUT2D eigenvalue weighted by Crippen LogP contribution is -2.53. The van der Waals surface area contributed by atoms with Gasteiger partial charge in [-0.3, -0.25) is 19.7 Å². The van der Waals surface area contributed by atoms with Crippen molar-refractivity contribution < 1.29 is 38.3 Å². The molecule has 14 nitrogen and oxygen atoms in total. The van der Waals surface area contributed by atoms with Crippen LogP contribution in [0.15, 0.2) is 109 Å². The molecule has 0 aliphatic rings. The highest BCUT2D eigenvalue weighted by molar-refractivity contribution is 5.98. The van der Waals surface area contributed by atoms with Crippen LogP contribution in [0.2, 0.25) is 0 Å². The number of unbranched alkanes of at least 4 members (excludes halogenated alkanes) is 1. The molecule has 0 fully saturated rings. The molecule has 0 aromatic heterocycles. The minimum atomic E-state index is -1.04. The quantitative estimate of drug-likeness (QED) is 0.0364. The van der Waals surface area contributed by atoms with Gasteiger partial charge in [0.15, 0.2) is 0 Å². The monoisotopic (exact) mass is 697 g/mol. The number of anilines is 1. The molecule has 3 amide bonds. The van der Waals surface area contributed by atoms with Crippen molar-refractivity contribution in [1.29, 1.82) is 0 Å². The van der Waals surface area contributed by atoms with Gasteiger partial charge in [-0.2, -0.15) is 0 Å². The Hall–Kier alpha value is -6.28. The van der Waals surface area contributed by atoms with Crippen LogP contribution in [-0.4, -0.2) is 47.6 Å². The van der Waals surface area contributed by atoms with E-state index >= 15 is 0 Å². The Kier molecular flexibility index (Phi) is 14.5. The first-order chi connectivity index (χ1) is 24.7. The van der Waals surface area contributed by atoms with E-state index in [1.165, 1.54) is 24.3 Å². The van der Waals surface area contributed by atoms with E-state index in [4.69, 9.17) is 19.9 Å². The van der Waals surface area contributed by atoms with Gasteiger partial charge < -0.3 is 35.9 Å². The summed E-state index contributed by atoms with van der Waals surface area (Å²) in [6.07, 6.45) is -0.108. The summed E-state index contributed by atoms with van der Waals surface area (Å²) < 4.78 is 15.5. The van der Waals surface area contributed by atoms with Gasteiger partial charge in [-0.25, -0.2) is 9.59 Å². The standard InChI is InChI=1S/C37H39N5O9/c38-22-8-7-13-32(40-35(44)33(23-26-9-3-1-4-10-26)41-36(45)49-24-27-11-5-2-6-12-27)34(43)39-29-16-14-28(15-17-29)25-50-37(46)51-31-20-18-30(19-21-31)42(47)48/h1-6,9-12,14-21,32-33H,7-8,13,22-25,38H2,(H,39,43)(H,40,44)(H,41,45)/t32-,33-/m0/s1. The van der Waals surface area contributed by atoms with Crippen LogP contribution >= 0.6 is 0 Å². The SMILES string of the molecule is NCCCC[C@H](NC(=O)[C@H](Cc1ccccc1)NC(=O)OCc1ccccc1)C(=O)Nc1ccc(COC(=O)Oc2ccc([N+](=O)[O-])cc2)cc1. The minimum Gasteiger partial charge on any atom is -0.445 e. The smallest absolute Gasteiger partial charge is 0.445 e. The third-order valence-corrected chi connectivity index (χ3v) is 7.51. The van der Waals surface area contributed by atoms with Gasteiger partial charge in [0.05, 0.1) is 4.92 Å². The van der Waals surface area contributed by atoms with Crippen LogP contribution in [0.3, 0.4) is 0 Å². The van der Waals surface area contributed by atoms with Crippen molar-refractivity contribution in [3.8, 4) is 5.75 Å². The molecule has 0 radical (unpaired) electrons. The molecular formula is C37H39N5O9. The summed E-state index contributed by atoms with van der Waals surface area (Å²) >= 11 is 0. The summed E-state index contributed by atoms with van der Waals surface area (Å²) in [5.74, 6) is -0.945. The molecule has 5 N–H and O–H groups in total. The number of alkyl carbamates (subject to hydrolysis) is 1. The van der Waals surface area contributed by atoms with Gasteiger partial charge in [0.1, 0.15) is 31.0 Å². The lowest BCUT2D eigenvalue weighted by Gasteiger charge is -2.23. The van der Waals surface area contributed by atoms with Crippen molar-refractivity contribution in [3.63, 3.8) is 0 Å². The summed E-state index contributed by atoms with van der Waals surface area (Å²) in [6.45, 7) is 0.299. The molecule has 4 rings (SSSR count). The average Bonchev–Trinajstić information content (AvgIpc) is 3.14. The summed E-state index contributed by atoms with van der Waals surface area (Å²) in [4.78, 5) is 62.1. The summed E-state index contributed by atoms with van der Waals surface area (Å²) in [6, 6.07) is 27.8. The highest BCUT2D eigenvalue weighted by Crippen LogP contribution is 2.18. The van der Waals surface area contributed by atoms with Gasteiger partial charge in [0.2, 0.25) is 11.8 Å². The maximum atomic E-state index is 13.6. The van der Waals surface area contributed by atoms with Crippen molar-refractivity contribution in [2.45, 2.75) is 51.0 Å². The van der Waals surface area contributed by atoms with E-state index in [1.54, 1.807) is 24.3 Å². The molecule has 0 unspecified atom stereocenters. The Labute approximate surface area is 294 Å². The van der Waals surface area contributed by atoms with E-state index in [9.17, 15) is 29.3 Å². The molecule has 266 valence electrons. The lowest BCUT2D eigenvalue weighted by molar-refractivity contribution is -0.384. The molecule has 2 atom stereocenters. The number of carbonyl (C=O) groups is 4. The van der Waals surface area contributed by atoms with Crippen LogP contribution < -0.4 is 26.4 Å². The normalized spacial score (nSPS) is 11.7. The van der Waals surface area contributed by atoms with Gasteiger partial charge >= 0.3 is 12.2 Å². The predicted octanol–water partition coefficient (Wildman–Crippen LogP) is 5.40. The second kappa shape index (κ2) is 19.7. The largest absolute Gasteiger partial charge is 0.514 e. The number of benzene rings is 4. The Morgan fingerprint density at radius 2 is 1.29 bits per heavy atom. The van der Waals surface area contributed by atoms with E-state index < -0.39 is 41.1 Å². The Morgan fingerprint density at radius 3 is 1.92 bits per heavy atom. The topological polar surface area (TPSA) is 201 Å². The highest BCUT2D eigenvalue weighted by atomic mass is 16.7. The Balaban J connectivity index is 1.35. The number of nitro groups is 1. The molecule has 0 aliphatic carbocycles. The van der Waals surface area contributed by atoms with Crippen molar-refractivity contribution in [3.05, 3.63) is 136 Å². The Bertz CT molecular complexity index is 1740. The van der Waals surface area contributed by atoms with Gasteiger partial charge in [-0.1, -0.05) is 72.8 Å². The lowest BCUT2D eigenvalue weighted by atomic mass is 10.0. The van der Waals surface area contributed by atoms with Gasteiger partial charge in [-0.05, 0) is 66.8 Å². The minimum absolute atomic E-state index is 0.0215. The van der Waals surface area contributed by atoms with Crippen LogP contribution in [0.5, 0.6) is 5.75 Å². The zero-order valence-corrected chi connectivity index (χ0v) is 27.7. The fourth-order valence-corrected chi connectivity index (χ4v) is 4.82. The van der Waals surface area contributed by atoms with E-state index in [0.29, 0.717) is 37.1 Å². The molecule has 0 saturated heterocycles. The van der Waals surface area contributed by atoms with Crippen LogP contribution in [0, 0.1) is 10.1 Å². The van der Waals surface area contributed by atoms with Crippen molar-refractivity contribution in [1.82, 2.24) is 10.6 Å². The summed E-state index contributed by atoms with van der Waals surface area (Å²) in [7, 11) is 0. The number of hydrogen-bond donors (Lipinski definition) is 4. The number of nitrogens with zero attached hydrogens (tertiary/aromatic N) is 1.